The van der Waals surface area contributed by atoms with Gasteiger partial charge >= 0.3 is 0 Å². The average molecular weight is 449 g/mol. The van der Waals surface area contributed by atoms with Gasteiger partial charge in [0.15, 0.2) is 5.03 Å². The van der Waals surface area contributed by atoms with Crippen LogP contribution in [0.4, 0.5) is 10.1 Å². The Balaban J connectivity index is 1.59. The van der Waals surface area contributed by atoms with Crippen molar-refractivity contribution >= 4 is 27.3 Å². The fourth-order valence-electron chi connectivity index (χ4n) is 3.82. The topological polar surface area (TPSA) is 67.2 Å². The van der Waals surface area contributed by atoms with Crippen molar-refractivity contribution in [3.8, 4) is 0 Å². The molecule has 0 amide bonds. The number of aromatic nitrogens is 2. The second-order valence-corrected chi connectivity index (χ2v) is 9.83. The summed E-state index contributed by atoms with van der Waals surface area (Å²) < 4.78 is 42.7. The predicted molar refractivity (Wildman–Crippen MR) is 115 cm³/mol. The van der Waals surface area contributed by atoms with Gasteiger partial charge in [0.05, 0.1) is 6.33 Å². The summed E-state index contributed by atoms with van der Waals surface area (Å²) in [5.41, 5.74) is 1.78. The molecule has 3 aromatic rings. The first kappa shape index (κ1) is 20.8. The second-order valence-electron chi connectivity index (χ2n) is 7.51. The maximum atomic E-state index is 13.4. The standard InChI is InChI=1S/C21H22ClFN4O2S/c1-26-13-21(25-14-26)30(28,29)27-11-16(10-24-19-4-2-3-17(22)9-19)20(12-27)15-5-7-18(23)8-6-15/h2-9,13-14,16,20,24H,10-12H2,1H3/t16-,20+/m0/s1. The van der Waals surface area contributed by atoms with E-state index in [-0.39, 0.29) is 22.7 Å². The molecule has 0 bridgehead atoms. The van der Waals surface area contributed by atoms with E-state index in [2.05, 4.69) is 10.3 Å². The molecule has 0 saturated carbocycles. The molecule has 1 aliphatic rings. The Morgan fingerprint density at radius 3 is 2.63 bits per heavy atom. The van der Waals surface area contributed by atoms with Gasteiger partial charge in [0.25, 0.3) is 10.0 Å². The Morgan fingerprint density at radius 1 is 1.20 bits per heavy atom. The molecule has 0 unspecified atom stereocenters. The smallest absolute Gasteiger partial charge is 0.262 e. The third-order valence-corrected chi connectivity index (χ3v) is 7.34. The highest BCUT2D eigenvalue weighted by atomic mass is 35.5. The molecular formula is C21H22ClFN4O2S. The molecule has 158 valence electrons. The van der Waals surface area contributed by atoms with Crippen LogP contribution in [0.1, 0.15) is 11.5 Å². The zero-order valence-corrected chi connectivity index (χ0v) is 17.9. The Bertz CT molecular complexity index is 1130. The Morgan fingerprint density at radius 2 is 1.97 bits per heavy atom. The van der Waals surface area contributed by atoms with E-state index in [9.17, 15) is 12.8 Å². The molecule has 1 aromatic heterocycles. The van der Waals surface area contributed by atoms with Gasteiger partial charge in [0.1, 0.15) is 5.82 Å². The molecule has 9 heteroatoms. The predicted octanol–water partition coefficient (Wildman–Crippen LogP) is 3.73. The molecule has 6 nitrogen and oxygen atoms in total. The van der Waals surface area contributed by atoms with Crippen molar-refractivity contribution < 1.29 is 12.8 Å². The highest BCUT2D eigenvalue weighted by Crippen LogP contribution is 2.36. The lowest BCUT2D eigenvalue weighted by molar-refractivity contribution is 0.459. The van der Waals surface area contributed by atoms with Crippen LogP contribution in [0.15, 0.2) is 66.1 Å². The number of nitrogens with zero attached hydrogens (tertiary/aromatic N) is 3. The van der Waals surface area contributed by atoms with Gasteiger partial charge in [-0.3, -0.25) is 0 Å². The number of rotatable bonds is 6. The molecular weight excluding hydrogens is 427 g/mol. The van der Waals surface area contributed by atoms with Crippen molar-refractivity contribution in [1.82, 2.24) is 13.9 Å². The molecule has 1 saturated heterocycles. The molecule has 2 atom stereocenters. The SMILES string of the molecule is Cn1cnc(S(=O)(=O)N2C[C@H](CNc3cccc(Cl)c3)[C@@H](c3ccc(F)cc3)C2)c1. The van der Waals surface area contributed by atoms with Crippen LogP contribution >= 0.6 is 11.6 Å². The van der Waals surface area contributed by atoms with Crippen LogP contribution in [0, 0.1) is 11.7 Å². The van der Waals surface area contributed by atoms with Crippen molar-refractivity contribution in [1.29, 1.82) is 0 Å². The quantitative estimate of drug-likeness (QED) is 0.624. The van der Waals surface area contributed by atoms with Crippen LogP contribution in [0.25, 0.3) is 0 Å². The molecule has 0 radical (unpaired) electrons. The van der Waals surface area contributed by atoms with Crippen molar-refractivity contribution in [2.75, 3.05) is 25.0 Å². The number of imidazole rings is 1. The summed E-state index contributed by atoms with van der Waals surface area (Å²) in [7, 11) is -1.98. The molecule has 30 heavy (non-hydrogen) atoms. The third kappa shape index (κ3) is 4.35. The molecule has 0 spiro atoms. The summed E-state index contributed by atoms with van der Waals surface area (Å²) in [6.07, 6.45) is 2.97. The lowest BCUT2D eigenvalue weighted by Crippen LogP contribution is -2.30. The zero-order chi connectivity index (χ0) is 21.3. The lowest BCUT2D eigenvalue weighted by Gasteiger charge is -2.20. The first-order valence-corrected chi connectivity index (χ1v) is 11.4. The van der Waals surface area contributed by atoms with Crippen LogP contribution in [-0.4, -0.2) is 41.9 Å². The van der Waals surface area contributed by atoms with Crippen LogP contribution in [0.2, 0.25) is 5.02 Å². The number of halogens is 2. The van der Waals surface area contributed by atoms with Gasteiger partial charge in [0, 0.05) is 49.5 Å². The van der Waals surface area contributed by atoms with Gasteiger partial charge in [-0.25, -0.2) is 17.8 Å². The fourth-order valence-corrected chi connectivity index (χ4v) is 5.50. The van der Waals surface area contributed by atoms with E-state index in [1.807, 2.05) is 18.2 Å². The first-order valence-electron chi connectivity index (χ1n) is 9.56. The van der Waals surface area contributed by atoms with Crippen LogP contribution < -0.4 is 5.32 Å². The van der Waals surface area contributed by atoms with Gasteiger partial charge in [-0.2, -0.15) is 4.31 Å². The van der Waals surface area contributed by atoms with Gasteiger partial charge in [-0.05, 0) is 41.8 Å². The molecule has 2 heterocycles. The number of aryl methyl sites for hydroxylation is 1. The van der Waals surface area contributed by atoms with Crippen molar-refractivity contribution in [2.24, 2.45) is 13.0 Å². The highest BCUT2D eigenvalue weighted by molar-refractivity contribution is 7.89. The number of hydrogen-bond donors (Lipinski definition) is 1. The summed E-state index contributed by atoms with van der Waals surface area (Å²) in [6.45, 7) is 1.21. The molecule has 1 aliphatic heterocycles. The van der Waals surface area contributed by atoms with Crippen LogP contribution in [-0.2, 0) is 17.1 Å². The fraction of sp³-hybridized carbons (Fsp3) is 0.286. The Hall–Kier alpha value is -2.42. The number of sulfonamides is 1. The average Bonchev–Trinajstić information content (AvgIpc) is 3.34. The zero-order valence-electron chi connectivity index (χ0n) is 16.4. The van der Waals surface area contributed by atoms with E-state index in [0.717, 1.165) is 11.3 Å². The molecule has 2 aromatic carbocycles. The number of nitrogens with one attached hydrogen (secondary N) is 1. The van der Waals surface area contributed by atoms with Crippen molar-refractivity contribution in [3.63, 3.8) is 0 Å². The van der Waals surface area contributed by atoms with Gasteiger partial charge < -0.3 is 9.88 Å². The minimum absolute atomic E-state index is 0.00655. The molecule has 1 fully saturated rings. The van der Waals surface area contributed by atoms with Crippen LogP contribution in [0.3, 0.4) is 0 Å². The highest BCUT2D eigenvalue weighted by Gasteiger charge is 2.40. The normalized spacial score (nSPS) is 19.8. The second kappa shape index (κ2) is 8.37. The summed E-state index contributed by atoms with van der Waals surface area (Å²) in [5.74, 6) is -0.396. The number of hydrogen-bond acceptors (Lipinski definition) is 4. The maximum absolute atomic E-state index is 13.4. The third-order valence-electron chi connectivity index (χ3n) is 5.38. The molecule has 4 rings (SSSR count). The van der Waals surface area contributed by atoms with Gasteiger partial charge in [0.2, 0.25) is 0 Å². The minimum atomic E-state index is -3.71. The van der Waals surface area contributed by atoms with E-state index >= 15 is 0 Å². The summed E-state index contributed by atoms with van der Waals surface area (Å²) in [5, 5.41) is 4.01. The molecule has 1 N–H and O–H groups in total. The van der Waals surface area contributed by atoms with Crippen LogP contribution in [0.5, 0.6) is 0 Å². The maximum Gasteiger partial charge on any atom is 0.262 e. The Kier molecular flexibility index (Phi) is 5.81. The van der Waals surface area contributed by atoms with Crippen molar-refractivity contribution in [3.05, 3.63) is 77.5 Å². The summed E-state index contributed by atoms with van der Waals surface area (Å²) >= 11 is 6.06. The van der Waals surface area contributed by atoms with Gasteiger partial charge in [-0.1, -0.05) is 29.8 Å². The van der Waals surface area contributed by atoms with E-state index in [1.165, 1.54) is 29.0 Å². The summed E-state index contributed by atoms with van der Waals surface area (Å²) in [6, 6.07) is 13.7. The number of benzene rings is 2. The molecule has 0 aliphatic carbocycles. The lowest BCUT2D eigenvalue weighted by atomic mass is 9.89. The van der Waals surface area contributed by atoms with E-state index in [1.54, 1.807) is 29.8 Å². The largest absolute Gasteiger partial charge is 0.385 e. The van der Waals surface area contributed by atoms with E-state index in [0.29, 0.717) is 24.7 Å². The van der Waals surface area contributed by atoms with Crippen molar-refractivity contribution in [2.45, 2.75) is 10.9 Å². The minimum Gasteiger partial charge on any atom is -0.385 e. The van der Waals surface area contributed by atoms with Gasteiger partial charge in [-0.15, -0.1) is 0 Å². The number of anilines is 1. The first-order chi connectivity index (χ1) is 14.3. The monoisotopic (exact) mass is 448 g/mol. The Labute approximate surface area is 180 Å². The van der Waals surface area contributed by atoms with E-state index < -0.39 is 10.0 Å². The summed E-state index contributed by atoms with van der Waals surface area (Å²) in [4.78, 5) is 4.02. The van der Waals surface area contributed by atoms with E-state index in [4.69, 9.17) is 11.6 Å².